The zero-order valence-electron chi connectivity index (χ0n) is 16.5. The first-order chi connectivity index (χ1) is 15.0. The Labute approximate surface area is 189 Å². The maximum Gasteiger partial charge on any atom is 0.328 e. The standard InChI is InChI=1S/C18H19BrFN7O3S/c1-2-13(17(28)29)27-15(21-24-25-27)16-22-23-18(31-16)26-7-5-11(6-8-26)30-14-9-10(20)3-4-12(14)19/h3-4,9,11,13H,2,5-8H2,1H3,(H,28,29). The largest absolute Gasteiger partial charge is 0.489 e. The highest BCUT2D eigenvalue weighted by molar-refractivity contribution is 9.10. The number of carbonyl (C=O) groups is 1. The molecule has 31 heavy (non-hydrogen) atoms. The second kappa shape index (κ2) is 9.22. The van der Waals surface area contributed by atoms with Gasteiger partial charge in [0.1, 0.15) is 17.7 Å². The predicted octanol–water partition coefficient (Wildman–Crippen LogP) is 3.18. The molecular weight excluding hydrogens is 493 g/mol. The Morgan fingerprint density at radius 1 is 1.35 bits per heavy atom. The van der Waals surface area contributed by atoms with Gasteiger partial charge in [-0.15, -0.1) is 15.3 Å². The van der Waals surface area contributed by atoms with Gasteiger partial charge in [0.2, 0.25) is 11.0 Å². The summed E-state index contributed by atoms with van der Waals surface area (Å²) in [5.74, 6) is -0.569. The molecule has 0 saturated carbocycles. The smallest absolute Gasteiger partial charge is 0.328 e. The molecule has 0 aliphatic carbocycles. The lowest BCUT2D eigenvalue weighted by Gasteiger charge is -2.31. The number of anilines is 1. The quantitative estimate of drug-likeness (QED) is 0.509. The Morgan fingerprint density at radius 3 is 2.84 bits per heavy atom. The minimum Gasteiger partial charge on any atom is -0.489 e. The van der Waals surface area contributed by atoms with Gasteiger partial charge in [0.15, 0.2) is 11.0 Å². The number of ether oxygens (including phenoxy) is 1. The van der Waals surface area contributed by atoms with Crippen LogP contribution in [0.4, 0.5) is 9.52 Å². The first-order valence-corrected chi connectivity index (χ1v) is 11.3. The average molecular weight is 512 g/mol. The topological polar surface area (TPSA) is 119 Å². The van der Waals surface area contributed by atoms with Crippen molar-refractivity contribution in [2.75, 3.05) is 18.0 Å². The fourth-order valence-electron chi connectivity index (χ4n) is 3.34. The van der Waals surface area contributed by atoms with E-state index in [0.29, 0.717) is 35.4 Å². The first kappa shape index (κ1) is 21.6. The SMILES string of the molecule is CCC(C(=O)O)n1nnnc1-c1nnc(N2CCC(Oc3cc(F)ccc3Br)CC2)s1. The maximum atomic E-state index is 13.5. The summed E-state index contributed by atoms with van der Waals surface area (Å²) in [6.07, 6.45) is 1.79. The number of aliphatic carboxylic acids is 1. The van der Waals surface area contributed by atoms with E-state index in [1.807, 2.05) is 0 Å². The summed E-state index contributed by atoms with van der Waals surface area (Å²) in [5, 5.41) is 30.4. The van der Waals surface area contributed by atoms with Crippen molar-refractivity contribution in [1.29, 1.82) is 0 Å². The second-order valence-corrected chi connectivity index (χ2v) is 8.79. The van der Waals surface area contributed by atoms with E-state index < -0.39 is 12.0 Å². The monoisotopic (exact) mass is 511 g/mol. The Morgan fingerprint density at radius 2 is 2.13 bits per heavy atom. The minimum atomic E-state index is -1.01. The third-order valence-electron chi connectivity index (χ3n) is 4.96. The zero-order chi connectivity index (χ0) is 22.0. The summed E-state index contributed by atoms with van der Waals surface area (Å²) in [6, 6.07) is 3.51. The zero-order valence-corrected chi connectivity index (χ0v) is 18.9. The minimum absolute atomic E-state index is 0.0325. The molecule has 1 aliphatic rings. The van der Waals surface area contributed by atoms with Crippen molar-refractivity contribution in [2.45, 2.75) is 38.3 Å². The predicted molar refractivity (Wildman–Crippen MR) is 114 cm³/mol. The van der Waals surface area contributed by atoms with Crippen LogP contribution in [0.3, 0.4) is 0 Å². The summed E-state index contributed by atoms with van der Waals surface area (Å²) in [6.45, 7) is 3.15. The number of tetrazole rings is 1. The van der Waals surface area contributed by atoms with Crippen LogP contribution in [0.25, 0.3) is 10.8 Å². The van der Waals surface area contributed by atoms with Crippen LogP contribution in [-0.2, 0) is 4.79 Å². The molecule has 0 amide bonds. The van der Waals surface area contributed by atoms with E-state index in [0.717, 1.165) is 17.3 Å². The van der Waals surface area contributed by atoms with Crippen LogP contribution in [-0.4, -0.2) is 60.7 Å². The number of rotatable bonds is 7. The molecule has 1 saturated heterocycles. The highest BCUT2D eigenvalue weighted by Crippen LogP contribution is 2.32. The van der Waals surface area contributed by atoms with Gasteiger partial charge in [0, 0.05) is 32.0 Å². The van der Waals surface area contributed by atoms with E-state index in [4.69, 9.17) is 4.74 Å². The summed E-state index contributed by atoms with van der Waals surface area (Å²) in [7, 11) is 0. The molecule has 1 atom stereocenters. The molecule has 10 nitrogen and oxygen atoms in total. The van der Waals surface area contributed by atoms with Crippen LogP contribution in [0.1, 0.15) is 32.2 Å². The second-order valence-electron chi connectivity index (χ2n) is 6.98. The van der Waals surface area contributed by atoms with E-state index in [2.05, 4.69) is 46.6 Å². The lowest BCUT2D eigenvalue weighted by molar-refractivity contribution is -0.141. The molecule has 2 aromatic heterocycles. The fourth-order valence-corrected chi connectivity index (χ4v) is 4.56. The number of nitrogens with zero attached hydrogens (tertiary/aromatic N) is 7. The highest BCUT2D eigenvalue weighted by Gasteiger charge is 2.27. The maximum absolute atomic E-state index is 13.5. The van der Waals surface area contributed by atoms with Crippen molar-refractivity contribution in [2.24, 2.45) is 0 Å². The van der Waals surface area contributed by atoms with Gasteiger partial charge in [0.05, 0.1) is 4.47 Å². The Kier molecular flexibility index (Phi) is 6.41. The van der Waals surface area contributed by atoms with Gasteiger partial charge in [-0.25, -0.2) is 13.9 Å². The van der Waals surface area contributed by atoms with Crippen LogP contribution in [0.5, 0.6) is 5.75 Å². The summed E-state index contributed by atoms with van der Waals surface area (Å²) in [4.78, 5) is 13.6. The van der Waals surface area contributed by atoms with Gasteiger partial charge in [-0.05, 0) is 44.9 Å². The molecule has 1 N–H and O–H groups in total. The number of carboxylic acids is 1. The fraction of sp³-hybridized carbons (Fsp3) is 0.444. The molecule has 0 spiro atoms. The van der Waals surface area contributed by atoms with Crippen LogP contribution < -0.4 is 9.64 Å². The molecular formula is C18H19BrFN7O3S. The number of hydrogen-bond donors (Lipinski definition) is 1. The number of carboxylic acid groups (broad SMARTS) is 1. The van der Waals surface area contributed by atoms with Crippen molar-refractivity contribution in [1.82, 2.24) is 30.4 Å². The van der Waals surface area contributed by atoms with Crippen molar-refractivity contribution < 1.29 is 19.0 Å². The van der Waals surface area contributed by atoms with E-state index in [1.165, 1.54) is 28.2 Å². The molecule has 3 heterocycles. The van der Waals surface area contributed by atoms with Gasteiger partial charge >= 0.3 is 5.97 Å². The van der Waals surface area contributed by atoms with Crippen molar-refractivity contribution in [3.05, 3.63) is 28.5 Å². The normalized spacial score (nSPS) is 15.8. The third-order valence-corrected chi connectivity index (χ3v) is 6.60. The molecule has 1 unspecified atom stereocenters. The molecule has 0 radical (unpaired) electrons. The Bertz CT molecular complexity index is 1070. The van der Waals surface area contributed by atoms with Gasteiger partial charge < -0.3 is 14.7 Å². The summed E-state index contributed by atoms with van der Waals surface area (Å²) in [5.41, 5.74) is 0. The third kappa shape index (κ3) is 4.66. The van der Waals surface area contributed by atoms with Crippen LogP contribution in [0, 0.1) is 5.82 Å². The number of benzene rings is 1. The molecule has 13 heteroatoms. The Hall–Kier alpha value is -2.67. The lowest BCUT2D eigenvalue weighted by Crippen LogP contribution is -2.38. The van der Waals surface area contributed by atoms with Crippen LogP contribution >= 0.6 is 27.3 Å². The number of aromatic nitrogens is 6. The number of hydrogen-bond acceptors (Lipinski definition) is 9. The van der Waals surface area contributed by atoms with E-state index in [1.54, 1.807) is 13.0 Å². The van der Waals surface area contributed by atoms with Crippen molar-refractivity contribution in [3.63, 3.8) is 0 Å². The van der Waals surface area contributed by atoms with Crippen molar-refractivity contribution >= 4 is 38.4 Å². The van der Waals surface area contributed by atoms with E-state index >= 15 is 0 Å². The molecule has 1 aromatic carbocycles. The molecule has 3 aromatic rings. The van der Waals surface area contributed by atoms with E-state index in [9.17, 15) is 14.3 Å². The average Bonchev–Trinajstić information content (AvgIpc) is 3.41. The van der Waals surface area contributed by atoms with Crippen molar-refractivity contribution in [3.8, 4) is 16.6 Å². The van der Waals surface area contributed by atoms with Crippen LogP contribution in [0.2, 0.25) is 0 Å². The molecule has 0 bridgehead atoms. The molecule has 164 valence electrons. The van der Waals surface area contributed by atoms with Crippen LogP contribution in [0.15, 0.2) is 22.7 Å². The van der Waals surface area contributed by atoms with Gasteiger partial charge in [0.25, 0.3) is 0 Å². The summed E-state index contributed by atoms with van der Waals surface area (Å²) >= 11 is 4.69. The highest BCUT2D eigenvalue weighted by atomic mass is 79.9. The molecule has 1 fully saturated rings. The number of piperidine rings is 1. The van der Waals surface area contributed by atoms with Gasteiger partial charge in [-0.2, -0.15) is 0 Å². The van der Waals surface area contributed by atoms with Gasteiger partial charge in [-0.3, -0.25) is 0 Å². The van der Waals surface area contributed by atoms with Gasteiger partial charge in [-0.1, -0.05) is 18.3 Å². The first-order valence-electron chi connectivity index (χ1n) is 9.67. The lowest BCUT2D eigenvalue weighted by atomic mass is 10.1. The molecule has 1 aliphatic heterocycles. The number of halogens is 2. The van der Waals surface area contributed by atoms with E-state index in [-0.39, 0.29) is 17.7 Å². The Balaban J connectivity index is 1.42. The summed E-state index contributed by atoms with van der Waals surface area (Å²) < 4.78 is 21.4. The molecule has 4 rings (SSSR count).